The van der Waals surface area contributed by atoms with E-state index >= 15 is 0 Å². The molecule has 1 aromatic carbocycles. The van der Waals surface area contributed by atoms with Gasteiger partial charge in [-0.2, -0.15) is 5.26 Å². The maximum absolute atomic E-state index is 9.34. The summed E-state index contributed by atoms with van der Waals surface area (Å²) in [5.74, 6) is 1.21. The van der Waals surface area contributed by atoms with Crippen molar-refractivity contribution in [3.63, 3.8) is 0 Å². The molecule has 0 radical (unpaired) electrons. The van der Waals surface area contributed by atoms with Crippen LogP contribution >= 0.6 is 11.6 Å². The fraction of sp³-hybridized carbons (Fsp3) is 0.375. The molecule has 0 N–H and O–H groups in total. The van der Waals surface area contributed by atoms with Gasteiger partial charge in [-0.1, -0.05) is 16.8 Å². The van der Waals surface area contributed by atoms with Crippen LogP contribution < -0.4 is 4.74 Å². The van der Waals surface area contributed by atoms with Crippen LogP contribution in [0.4, 0.5) is 0 Å². The lowest BCUT2D eigenvalue weighted by Gasteiger charge is -2.12. The van der Waals surface area contributed by atoms with E-state index in [1.807, 2.05) is 32.9 Å². The molecule has 5 heteroatoms. The Bertz CT molecular complexity index is 654. The Hall–Kier alpha value is -1.99. The Morgan fingerprint density at radius 1 is 1.38 bits per heavy atom. The van der Waals surface area contributed by atoms with Crippen molar-refractivity contribution in [1.29, 1.82) is 5.26 Å². The Kier molecular flexibility index (Phi) is 4.87. The second kappa shape index (κ2) is 6.64. The number of benzene rings is 1. The van der Waals surface area contributed by atoms with E-state index in [2.05, 4.69) is 11.2 Å². The molecule has 1 aromatic heterocycles. The van der Waals surface area contributed by atoms with Crippen LogP contribution in [0.2, 0.25) is 5.02 Å². The highest BCUT2D eigenvalue weighted by molar-refractivity contribution is 6.30. The number of halogens is 1. The van der Waals surface area contributed by atoms with Crippen molar-refractivity contribution in [2.45, 2.75) is 33.1 Å². The van der Waals surface area contributed by atoms with Crippen LogP contribution in [0, 0.1) is 32.1 Å². The summed E-state index contributed by atoms with van der Waals surface area (Å²) in [6.07, 6.45) is 0.585. The molecule has 1 unspecified atom stereocenters. The summed E-state index contributed by atoms with van der Waals surface area (Å²) in [7, 11) is 0. The number of nitrogens with zero attached hydrogens (tertiary/aromatic N) is 2. The van der Waals surface area contributed by atoms with Crippen LogP contribution in [0.3, 0.4) is 0 Å². The standard InChI is InChI=1S/C16H17ClN2O2/c1-10-8-14(17)4-5-15(10)20-7-6-13(9-18)16-11(2)19-21-12(16)3/h4-5,8,13H,6-7H2,1-3H3. The van der Waals surface area contributed by atoms with E-state index in [-0.39, 0.29) is 5.92 Å². The fourth-order valence-corrected chi connectivity index (χ4v) is 2.55. The quantitative estimate of drug-likeness (QED) is 0.825. The summed E-state index contributed by atoms with van der Waals surface area (Å²) >= 11 is 5.91. The maximum Gasteiger partial charge on any atom is 0.138 e. The normalized spacial score (nSPS) is 12.0. The van der Waals surface area contributed by atoms with Crippen molar-refractivity contribution in [3.8, 4) is 11.8 Å². The molecular formula is C16H17ClN2O2. The highest BCUT2D eigenvalue weighted by Crippen LogP contribution is 2.27. The molecule has 2 aromatic rings. The summed E-state index contributed by atoms with van der Waals surface area (Å²) in [6, 6.07) is 7.78. The van der Waals surface area contributed by atoms with E-state index in [0.717, 1.165) is 22.6 Å². The highest BCUT2D eigenvalue weighted by atomic mass is 35.5. The van der Waals surface area contributed by atoms with Gasteiger partial charge in [0, 0.05) is 17.0 Å². The number of rotatable bonds is 5. The smallest absolute Gasteiger partial charge is 0.138 e. The molecule has 0 aliphatic carbocycles. The van der Waals surface area contributed by atoms with Crippen molar-refractivity contribution in [3.05, 3.63) is 45.8 Å². The van der Waals surface area contributed by atoms with Crippen LogP contribution in [-0.2, 0) is 0 Å². The molecule has 1 atom stereocenters. The van der Waals surface area contributed by atoms with Gasteiger partial charge in [-0.05, 0) is 44.5 Å². The molecule has 0 spiro atoms. The van der Waals surface area contributed by atoms with Gasteiger partial charge in [-0.15, -0.1) is 0 Å². The average Bonchev–Trinajstić information content (AvgIpc) is 2.77. The van der Waals surface area contributed by atoms with E-state index in [9.17, 15) is 5.26 Å². The lowest BCUT2D eigenvalue weighted by atomic mass is 9.96. The van der Waals surface area contributed by atoms with E-state index in [1.54, 1.807) is 6.07 Å². The van der Waals surface area contributed by atoms with Crippen LogP contribution in [-0.4, -0.2) is 11.8 Å². The van der Waals surface area contributed by atoms with E-state index in [0.29, 0.717) is 23.8 Å². The van der Waals surface area contributed by atoms with Gasteiger partial charge in [0.1, 0.15) is 11.5 Å². The molecule has 0 saturated carbocycles. The molecule has 0 amide bonds. The molecule has 0 bridgehead atoms. The number of nitriles is 1. The minimum atomic E-state index is -0.274. The largest absolute Gasteiger partial charge is 0.493 e. The molecule has 4 nitrogen and oxygen atoms in total. The number of ether oxygens (including phenoxy) is 1. The Labute approximate surface area is 129 Å². The van der Waals surface area contributed by atoms with E-state index < -0.39 is 0 Å². The third-order valence-electron chi connectivity index (χ3n) is 3.39. The third kappa shape index (κ3) is 3.56. The number of hydrogen-bond donors (Lipinski definition) is 0. The minimum absolute atomic E-state index is 0.274. The van der Waals surface area contributed by atoms with Crippen LogP contribution in [0.5, 0.6) is 5.75 Å². The van der Waals surface area contributed by atoms with E-state index in [4.69, 9.17) is 20.9 Å². The molecule has 0 aliphatic heterocycles. The van der Waals surface area contributed by atoms with Crippen LogP contribution in [0.15, 0.2) is 22.7 Å². The van der Waals surface area contributed by atoms with Gasteiger partial charge < -0.3 is 9.26 Å². The minimum Gasteiger partial charge on any atom is -0.493 e. The lowest BCUT2D eigenvalue weighted by molar-refractivity contribution is 0.303. The number of aromatic nitrogens is 1. The second-order valence-corrected chi connectivity index (χ2v) is 5.40. The van der Waals surface area contributed by atoms with E-state index in [1.165, 1.54) is 0 Å². The molecule has 0 fully saturated rings. The first-order valence-electron chi connectivity index (χ1n) is 6.74. The van der Waals surface area contributed by atoms with Crippen molar-refractivity contribution >= 4 is 11.6 Å². The van der Waals surface area contributed by atoms with Gasteiger partial charge in [-0.3, -0.25) is 0 Å². The fourth-order valence-electron chi connectivity index (χ4n) is 2.32. The summed E-state index contributed by atoms with van der Waals surface area (Å²) in [5, 5.41) is 13.9. The van der Waals surface area contributed by atoms with Gasteiger partial charge in [0.05, 0.1) is 24.3 Å². The highest BCUT2D eigenvalue weighted by Gasteiger charge is 2.20. The first-order valence-corrected chi connectivity index (χ1v) is 7.12. The third-order valence-corrected chi connectivity index (χ3v) is 3.63. The average molecular weight is 305 g/mol. The zero-order valence-corrected chi connectivity index (χ0v) is 13.1. The number of aryl methyl sites for hydroxylation is 3. The van der Waals surface area contributed by atoms with Crippen molar-refractivity contribution in [2.24, 2.45) is 0 Å². The maximum atomic E-state index is 9.34. The summed E-state index contributed by atoms with van der Waals surface area (Å²) in [5.41, 5.74) is 2.61. The SMILES string of the molecule is Cc1cc(Cl)ccc1OCCC(C#N)c1c(C)noc1C. The van der Waals surface area contributed by atoms with Gasteiger partial charge in [0.25, 0.3) is 0 Å². The summed E-state index contributed by atoms with van der Waals surface area (Å²) < 4.78 is 10.9. The Balaban J connectivity index is 2.00. The van der Waals surface area contributed by atoms with Gasteiger partial charge in [0.2, 0.25) is 0 Å². The van der Waals surface area contributed by atoms with Crippen LogP contribution in [0.25, 0.3) is 0 Å². The molecule has 2 rings (SSSR count). The predicted molar refractivity (Wildman–Crippen MR) is 80.6 cm³/mol. The van der Waals surface area contributed by atoms with Crippen molar-refractivity contribution < 1.29 is 9.26 Å². The first kappa shape index (κ1) is 15.4. The molecule has 0 saturated heterocycles. The van der Waals surface area contributed by atoms with Crippen molar-refractivity contribution in [1.82, 2.24) is 5.16 Å². The molecule has 0 aliphatic rings. The van der Waals surface area contributed by atoms with Gasteiger partial charge in [0.15, 0.2) is 0 Å². The Morgan fingerprint density at radius 3 is 2.71 bits per heavy atom. The zero-order valence-electron chi connectivity index (χ0n) is 12.3. The molecule has 1 heterocycles. The Morgan fingerprint density at radius 2 is 2.14 bits per heavy atom. The molecular weight excluding hydrogens is 288 g/mol. The van der Waals surface area contributed by atoms with Gasteiger partial charge in [-0.25, -0.2) is 0 Å². The number of hydrogen-bond acceptors (Lipinski definition) is 4. The topological polar surface area (TPSA) is 59.0 Å². The monoisotopic (exact) mass is 304 g/mol. The second-order valence-electron chi connectivity index (χ2n) is 4.97. The zero-order chi connectivity index (χ0) is 15.4. The molecule has 21 heavy (non-hydrogen) atoms. The van der Waals surface area contributed by atoms with Crippen molar-refractivity contribution in [2.75, 3.05) is 6.61 Å². The van der Waals surface area contributed by atoms with Gasteiger partial charge >= 0.3 is 0 Å². The predicted octanol–water partition coefficient (Wildman–Crippen LogP) is 4.33. The summed E-state index contributed by atoms with van der Waals surface area (Å²) in [4.78, 5) is 0. The summed E-state index contributed by atoms with van der Waals surface area (Å²) in [6.45, 7) is 6.06. The van der Waals surface area contributed by atoms with Crippen LogP contribution in [0.1, 0.15) is 34.9 Å². The lowest BCUT2D eigenvalue weighted by Crippen LogP contribution is -2.06. The first-order chi connectivity index (χ1) is 10.0. The molecule has 110 valence electrons.